The molecule has 144 valence electrons. The number of likely N-dealkylation sites (tertiary alicyclic amines) is 1. The summed E-state index contributed by atoms with van der Waals surface area (Å²) in [5, 5.41) is 3.17. The molecular weight excluding hydrogens is 360 g/mol. The van der Waals surface area contributed by atoms with Gasteiger partial charge >= 0.3 is 0 Å². The number of amides is 1. The van der Waals surface area contributed by atoms with Gasteiger partial charge in [0.1, 0.15) is 0 Å². The quantitative estimate of drug-likeness (QED) is 0.829. The van der Waals surface area contributed by atoms with E-state index >= 15 is 0 Å². The third-order valence-electron chi connectivity index (χ3n) is 4.94. The zero-order valence-electron chi connectivity index (χ0n) is 15.6. The largest absolute Gasteiger partial charge is 0.338 e. The summed E-state index contributed by atoms with van der Waals surface area (Å²) in [7, 11) is -1.58. The van der Waals surface area contributed by atoms with Crippen molar-refractivity contribution >= 4 is 15.7 Å². The zero-order chi connectivity index (χ0) is 19.3. The maximum absolute atomic E-state index is 12.9. The molecule has 3 rings (SSSR count). The highest BCUT2D eigenvalue weighted by molar-refractivity contribution is 7.90. The van der Waals surface area contributed by atoms with Crippen LogP contribution in [0.15, 0.2) is 59.5 Å². The number of sulfone groups is 1. The van der Waals surface area contributed by atoms with Crippen LogP contribution in [0.4, 0.5) is 0 Å². The van der Waals surface area contributed by atoms with Crippen molar-refractivity contribution in [3.63, 3.8) is 0 Å². The zero-order valence-corrected chi connectivity index (χ0v) is 16.4. The highest BCUT2D eigenvalue weighted by Gasteiger charge is 2.25. The van der Waals surface area contributed by atoms with Crippen LogP contribution >= 0.6 is 0 Å². The van der Waals surface area contributed by atoms with Crippen LogP contribution in [0.5, 0.6) is 0 Å². The summed E-state index contributed by atoms with van der Waals surface area (Å²) in [4.78, 5) is 14.9. The first kappa shape index (κ1) is 19.6. The smallest absolute Gasteiger partial charge is 0.253 e. The minimum atomic E-state index is -3.50. The first-order valence-corrected chi connectivity index (χ1v) is 11.0. The summed E-state index contributed by atoms with van der Waals surface area (Å²) in [5.74, 6) is 0.282. The van der Waals surface area contributed by atoms with Gasteiger partial charge in [0.25, 0.3) is 5.91 Å². The minimum Gasteiger partial charge on any atom is -0.338 e. The Hall–Kier alpha value is -2.18. The number of carbonyl (C=O) groups excluding carboxylic acids is 1. The fraction of sp³-hybridized carbons (Fsp3) is 0.381. The van der Waals surface area contributed by atoms with Crippen LogP contribution < -0.4 is 5.32 Å². The average molecular weight is 387 g/mol. The summed E-state index contributed by atoms with van der Waals surface area (Å²) < 4.78 is 25.5. The van der Waals surface area contributed by atoms with E-state index in [-0.39, 0.29) is 16.6 Å². The number of hydrogen-bond donors (Lipinski definition) is 1. The maximum Gasteiger partial charge on any atom is 0.253 e. The van der Waals surface area contributed by atoms with E-state index in [9.17, 15) is 13.2 Å². The lowest BCUT2D eigenvalue weighted by Gasteiger charge is -2.32. The molecule has 1 N–H and O–H groups in total. The maximum atomic E-state index is 12.9. The van der Waals surface area contributed by atoms with Crippen molar-refractivity contribution in [3.05, 3.63) is 65.7 Å². The molecule has 0 bridgehead atoms. The van der Waals surface area contributed by atoms with Gasteiger partial charge < -0.3 is 10.2 Å². The molecule has 0 aliphatic carbocycles. The number of piperidine rings is 1. The molecule has 1 amide bonds. The van der Waals surface area contributed by atoms with Gasteiger partial charge in [-0.15, -0.1) is 0 Å². The Balaban J connectivity index is 1.77. The van der Waals surface area contributed by atoms with Crippen LogP contribution in [-0.2, 0) is 15.6 Å². The molecule has 0 radical (unpaired) electrons. The highest BCUT2D eigenvalue weighted by Crippen LogP contribution is 2.21. The van der Waals surface area contributed by atoms with Crippen molar-refractivity contribution in [1.82, 2.24) is 10.2 Å². The lowest BCUT2D eigenvalue weighted by molar-refractivity contribution is 0.0674. The fourth-order valence-electron chi connectivity index (χ4n) is 3.59. The number of nitrogens with zero attached hydrogens (tertiary/aromatic N) is 1. The summed E-state index contributed by atoms with van der Waals surface area (Å²) in [5.41, 5.74) is 1.18. The topological polar surface area (TPSA) is 66.5 Å². The van der Waals surface area contributed by atoms with Crippen LogP contribution in [0.25, 0.3) is 0 Å². The Morgan fingerprint density at radius 1 is 1.15 bits per heavy atom. The fourth-order valence-corrected chi connectivity index (χ4v) is 4.98. The van der Waals surface area contributed by atoms with Gasteiger partial charge in [0, 0.05) is 18.7 Å². The number of hydrogen-bond acceptors (Lipinski definition) is 4. The van der Waals surface area contributed by atoms with Crippen LogP contribution in [0.2, 0.25) is 0 Å². The van der Waals surface area contributed by atoms with Gasteiger partial charge in [-0.05, 0) is 56.1 Å². The van der Waals surface area contributed by atoms with Crippen molar-refractivity contribution in [2.24, 2.45) is 5.92 Å². The molecule has 0 aromatic heterocycles. The SMILES string of the molecule is CNCC1CCCN(C(=O)c2cccc(S(=O)(=O)Cc3ccccc3)c2)C1. The predicted octanol–water partition coefficient (Wildman–Crippen LogP) is 2.73. The molecule has 1 fully saturated rings. The van der Waals surface area contributed by atoms with Crippen molar-refractivity contribution in [3.8, 4) is 0 Å². The van der Waals surface area contributed by atoms with Crippen molar-refractivity contribution in [1.29, 1.82) is 0 Å². The summed E-state index contributed by atoms with van der Waals surface area (Å²) >= 11 is 0. The normalized spacial score (nSPS) is 17.7. The highest BCUT2D eigenvalue weighted by atomic mass is 32.2. The van der Waals surface area contributed by atoms with Gasteiger partial charge in [-0.25, -0.2) is 8.42 Å². The van der Waals surface area contributed by atoms with E-state index in [1.54, 1.807) is 30.3 Å². The number of rotatable bonds is 6. The van der Waals surface area contributed by atoms with E-state index in [4.69, 9.17) is 0 Å². The Labute approximate surface area is 161 Å². The average Bonchev–Trinajstić information content (AvgIpc) is 2.68. The molecule has 2 aromatic rings. The Bertz CT molecular complexity index is 879. The minimum absolute atomic E-state index is 0.0700. The van der Waals surface area contributed by atoms with Gasteiger partial charge in [-0.1, -0.05) is 36.4 Å². The molecule has 27 heavy (non-hydrogen) atoms. The molecular formula is C21H26N2O3S. The molecule has 1 aliphatic heterocycles. The second kappa shape index (κ2) is 8.67. The Morgan fingerprint density at radius 2 is 1.93 bits per heavy atom. The number of benzene rings is 2. The number of carbonyl (C=O) groups is 1. The van der Waals surface area contributed by atoms with Gasteiger partial charge in [0.2, 0.25) is 0 Å². The van der Waals surface area contributed by atoms with E-state index in [0.717, 1.165) is 31.5 Å². The van der Waals surface area contributed by atoms with Crippen LogP contribution in [0.1, 0.15) is 28.8 Å². The van der Waals surface area contributed by atoms with Gasteiger partial charge in [-0.2, -0.15) is 0 Å². The first-order chi connectivity index (χ1) is 13.0. The molecule has 1 saturated heterocycles. The third kappa shape index (κ3) is 4.96. The molecule has 1 atom stereocenters. The molecule has 5 nitrogen and oxygen atoms in total. The summed E-state index contributed by atoms with van der Waals surface area (Å²) in [6.07, 6.45) is 2.08. The van der Waals surface area contributed by atoms with Gasteiger partial charge in [0.05, 0.1) is 10.6 Å². The molecule has 1 heterocycles. The van der Waals surface area contributed by atoms with Crippen molar-refractivity contribution in [2.75, 3.05) is 26.7 Å². The second-order valence-electron chi connectivity index (χ2n) is 7.09. The predicted molar refractivity (Wildman–Crippen MR) is 106 cm³/mol. The third-order valence-corrected chi connectivity index (χ3v) is 6.62. The van der Waals surface area contributed by atoms with Crippen molar-refractivity contribution in [2.45, 2.75) is 23.5 Å². The monoisotopic (exact) mass is 386 g/mol. The first-order valence-electron chi connectivity index (χ1n) is 9.30. The lowest BCUT2D eigenvalue weighted by atomic mass is 9.97. The standard InChI is InChI=1S/C21H26N2O3S/c1-22-14-18-9-6-12-23(15-18)21(24)19-10-5-11-20(13-19)27(25,26)16-17-7-3-2-4-8-17/h2-5,7-8,10-11,13,18,22H,6,9,12,14-16H2,1H3. The molecule has 0 spiro atoms. The van der Waals surface area contributed by atoms with Crippen LogP contribution in [0, 0.1) is 5.92 Å². The van der Waals surface area contributed by atoms with Crippen LogP contribution in [0.3, 0.4) is 0 Å². The van der Waals surface area contributed by atoms with E-state index in [1.807, 2.05) is 30.1 Å². The second-order valence-corrected chi connectivity index (χ2v) is 9.08. The van der Waals surface area contributed by atoms with E-state index in [2.05, 4.69) is 5.32 Å². The van der Waals surface area contributed by atoms with E-state index in [1.165, 1.54) is 6.07 Å². The Kier molecular flexibility index (Phi) is 6.29. The molecule has 1 aliphatic rings. The summed E-state index contributed by atoms with van der Waals surface area (Å²) in [6.45, 7) is 2.32. The summed E-state index contributed by atoms with van der Waals surface area (Å²) in [6, 6.07) is 15.5. The molecule has 0 saturated carbocycles. The van der Waals surface area contributed by atoms with Crippen molar-refractivity contribution < 1.29 is 13.2 Å². The van der Waals surface area contributed by atoms with E-state index < -0.39 is 9.84 Å². The van der Waals surface area contributed by atoms with E-state index in [0.29, 0.717) is 18.0 Å². The van der Waals surface area contributed by atoms with Gasteiger partial charge in [-0.3, -0.25) is 4.79 Å². The molecule has 1 unspecified atom stereocenters. The van der Waals surface area contributed by atoms with Gasteiger partial charge in [0.15, 0.2) is 9.84 Å². The molecule has 6 heteroatoms. The lowest BCUT2D eigenvalue weighted by Crippen LogP contribution is -2.42. The Morgan fingerprint density at radius 3 is 2.67 bits per heavy atom. The number of nitrogens with one attached hydrogen (secondary N) is 1. The van der Waals surface area contributed by atoms with Crippen LogP contribution in [-0.4, -0.2) is 45.9 Å². The molecule has 2 aromatic carbocycles.